The van der Waals surface area contributed by atoms with Crippen molar-refractivity contribution in [2.45, 2.75) is 6.04 Å². The molecule has 0 aliphatic carbocycles. The molecule has 0 fully saturated rings. The Morgan fingerprint density at radius 2 is 1.53 bits per heavy atom. The molecule has 0 radical (unpaired) electrons. The number of carbonyl (C=O) groups is 1. The van der Waals surface area contributed by atoms with E-state index in [4.69, 9.17) is 9.47 Å². The number of rotatable bonds is 9. The van der Waals surface area contributed by atoms with Gasteiger partial charge in [0.1, 0.15) is 11.5 Å². The monoisotopic (exact) mass is 404 g/mol. The minimum absolute atomic E-state index is 0.00439. The zero-order chi connectivity index (χ0) is 21.3. The number of methoxy groups -OCH3 is 1. The SMILES string of the molecule is COc1ccccc1[C@@H](CNC(=O)COc1ccc(-c2ccccc2)cc1)N(C)C. The molecule has 1 atom stereocenters. The summed E-state index contributed by atoms with van der Waals surface area (Å²) in [4.78, 5) is 14.4. The van der Waals surface area contributed by atoms with Crippen molar-refractivity contribution >= 4 is 5.91 Å². The van der Waals surface area contributed by atoms with Crippen LogP contribution in [0.3, 0.4) is 0 Å². The first-order valence-electron chi connectivity index (χ1n) is 9.93. The smallest absolute Gasteiger partial charge is 0.258 e. The maximum absolute atomic E-state index is 12.3. The first-order chi connectivity index (χ1) is 14.6. The van der Waals surface area contributed by atoms with Crippen LogP contribution in [0.25, 0.3) is 11.1 Å². The summed E-state index contributed by atoms with van der Waals surface area (Å²) < 4.78 is 11.1. The molecule has 1 N–H and O–H groups in total. The molecule has 0 saturated carbocycles. The molecule has 3 rings (SSSR count). The van der Waals surface area contributed by atoms with Crippen LogP contribution in [0.2, 0.25) is 0 Å². The van der Waals surface area contributed by atoms with E-state index in [1.807, 2.05) is 80.8 Å². The number of hydrogen-bond acceptors (Lipinski definition) is 4. The average Bonchev–Trinajstić information content (AvgIpc) is 2.79. The number of nitrogens with one attached hydrogen (secondary N) is 1. The summed E-state index contributed by atoms with van der Waals surface area (Å²) in [7, 11) is 5.61. The zero-order valence-electron chi connectivity index (χ0n) is 17.7. The molecule has 0 aliphatic rings. The molecule has 0 aliphatic heterocycles. The number of para-hydroxylation sites is 1. The molecule has 5 nitrogen and oxygen atoms in total. The van der Waals surface area contributed by atoms with E-state index in [9.17, 15) is 4.79 Å². The second-order valence-electron chi connectivity index (χ2n) is 7.20. The van der Waals surface area contributed by atoms with Gasteiger partial charge in [-0.25, -0.2) is 0 Å². The van der Waals surface area contributed by atoms with Crippen molar-refractivity contribution in [3.63, 3.8) is 0 Å². The highest BCUT2D eigenvalue weighted by Crippen LogP contribution is 2.27. The molecular formula is C25H28N2O3. The first kappa shape index (κ1) is 21.4. The van der Waals surface area contributed by atoms with Gasteiger partial charge < -0.3 is 19.7 Å². The van der Waals surface area contributed by atoms with Gasteiger partial charge in [0, 0.05) is 12.1 Å². The number of likely N-dealkylation sites (N-methyl/N-ethyl adjacent to an activating group) is 1. The predicted molar refractivity (Wildman–Crippen MR) is 120 cm³/mol. The predicted octanol–water partition coefficient (Wildman–Crippen LogP) is 4.16. The highest BCUT2D eigenvalue weighted by molar-refractivity contribution is 5.77. The maximum atomic E-state index is 12.3. The maximum Gasteiger partial charge on any atom is 0.258 e. The number of hydrogen-bond donors (Lipinski definition) is 1. The first-order valence-corrected chi connectivity index (χ1v) is 9.93. The van der Waals surface area contributed by atoms with Crippen LogP contribution in [0, 0.1) is 0 Å². The van der Waals surface area contributed by atoms with E-state index in [1.165, 1.54) is 0 Å². The molecule has 0 aromatic heterocycles. The van der Waals surface area contributed by atoms with Gasteiger partial charge >= 0.3 is 0 Å². The third kappa shape index (κ3) is 5.61. The van der Waals surface area contributed by atoms with E-state index in [1.54, 1.807) is 7.11 Å². The van der Waals surface area contributed by atoms with Crippen molar-refractivity contribution < 1.29 is 14.3 Å². The molecule has 30 heavy (non-hydrogen) atoms. The van der Waals surface area contributed by atoms with Gasteiger partial charge in [-0.15, -0.1) is 0 Å². The number of amides is 1. The fraction of sp³-hybridized carbons (Fsp3) is 0.240. The summed E-state index contributed by atoms with van der Waals surface area (Å²) in [5.41, 5.74) is 3.29. The number of nitrogens with zero attached hydrogens (tertiary/aromatic N) is 1. The van der Waals surface area contributed by atoms with Gasteiger partial charge in [0.05, 0.1) is 13.2 Å². The molecule has 5 heteroatoms. The molecule has 3 aromatic carbocycles. The normalized spacial score (nSPS) is 11.7. The lowest BCUT2D eigenvalue weighted by atomic mass is 10.0. The van der Waals surface area contributed by atoms with Crippen LogP contribution in [-0.4, -0.2) is 45.2 Å². The van der Waals surface area contributed by atoms with E-state index in [2.05, 4.69) is 22.3 Å². The van der Waals surface area contributed by atoms with Crippen LogP contribution in [0.1, 0.15) is 11.6 Å². The van der Waals surface area contributed by atoms with Crippen LogP contribution < -0.4 is 14.8 Å². The summed E-state index contributed by atoms with van der Waals surface area (Å²) in [5.74, 6) is 1.31. The molecule has 0 heterocycles. The summed E-state index contributed by atoms with van der Waals surface area (Å²) in [6, 6.07) is 25.7. The second-order valence-corrected chi connectivity index (χ2v) is 7.20. The van der Waals surface area contributed by atoms with Gasteiger partial charge in [0.25, 0.3) is 5.91 Å². The zero-order valence-corrected chi connectivity index (χ0v) is 17.7. The molecule has 0 bridgehead atoms. The lowest BCUT2D eigenvalue weighted by Crippen LogP contribution is -2.37. The lowest BCUT2D eigenvalue weighted by Gasteiger charge is -2.26. The Morgan fingerprint density at radius 1 is 0.900 bits per heavy atom. The van der Waals surface area contributed by atoms with E-state index < -0.39 is 0 Å². The van der Waals surface area contributed by atoms with Crippen molar-refractivity contribution in [3.05, 3.63) is 84.4 Å². The van der Waals surface area contributed by atoms with Gasteiger partial charge in [-0.1, -0.05) is 60.7 Å². The molecule has 0 saturated heterocycles. The standard InChI is InChI=1S/C25H28N2O3/c1-27(2)23(22-11-7-8-12-24(22)29-3)17-26-25(28)18-30-21-15-13-20(14-16-21)19-9-5-4-6-10-19/h4-16,23H,17-18H2,1-3H3,(H,26,28)/t23-/m1/s1. The van der Waals surface area contributed by atoms with Gasteiger partial charge in [0.15, 0.2) is 6.61 Å². The molecule has 0 unspecified atom stereocenters. The van der Waals surface area contributed by atoms with Crippen LogP contribution in [0.5, 0.6) is 11.5 Å². The molecule has 3 aromatic rings. The number of benzene rings is 3. The third-order valence-electron chi connectivity index (χ3n) is 4.95. The van der Waals surface area contributed by atoms with Crippen molar-refractivity contribution in [1.82, 2.24) is 10.2 Å². The fourth-order valence-electron chi connectivity index (χ4n) is 3.30. The lowest BCUT2D eigenvalue weighted by molar-refractivity contribution is -0.123. The highest BCUT2D eigenvalue weighted by atomic mass is 16.5. The Hall–Kier alpha value is -3.31. The minimum Gasteiger partial charge on any atom is -0.496 e. The molecule has 156 valence electrons. The summed E-state index contributed by atoms with van der Waals surface area (Å²) in [5, 5.41) is 2.96. The molecular weight excluding hydrogens is 376 g/mol. The molecule has 1 amide bonds. The van der Waals surface area contributed by atoms with Crippen LogP contribution in [0.15, 0.2) is 78.9 Å². The van der Waals surface area contributed by atoms with E-state index in [0.29, 0.717) is 12.3 Å². The summed E-state index contributed by atoms with van der Waals surface area (Å²) in [6.45, 7) is 0.430. The Kier molecular flexibility index (Phi) is 7.46. The summed E-state index contributed by atoms with van der Waals surface area (Å²) in [6.07, 6.45) is 0. The fourth-order valence-corrected chi connectivity index (χ4v) is 3.30. The average molecular weight is 405 g/mol. The quantitative estimate of drug-likeness (QED) is 0.582. The van der Waals surface area contributed by atoms with Crippen molar-refractivity contribution in [2.75, 3.05) is 34.4 Å². The number of carbonyl (C=O) groups excluding carboxylic acids is 1. The van der Waals surface area contributed by atoms with Gasteiger partial charge in [-0.3, -0.25) is 4.79 Å². The Labute approximate surface area is 178 Å². The highest BCUT2D eigenvalue weighted by Gasteiger charge is 2.19. The topological polar surface area (TPSA) is 50.8 Å². The van der Waals surface area contributed by atoms with Crippen LogP contribution in [0.4, 0.5) is 0 Å². The third-order valence-corrected chi connectivity index (χ3v) is 4.95. The second kappa shape index (κ2) is 10.5. The van der Waals surface area contributed by atoms with Crippen molar-refractivity contribution in [1.29, 1.82) is 0 Å². The van der Waals surface area contributed by atoms with Crippen LogP contribution in [-0.2, 0) is 4.79 Å². The Bertz CT molecular complexity index is 940. The largest absolute Gasteiger partial charge is 0.496 e. The van der Waals surface area contributed by atoms with E-state index in [0.717, 1.165) is 22.4 Å². The minimum atomic E-state index is -0.163. The van der Waals surface area contributed by atoms with E-state index >= 15 is 0 Å². The number of ether oxygens (including phenoxy) is 2. The van der Waals surface area contributed by atoms with Crippen molar-refractivity contribution in [3.8, 4) is 22.6 Å². The van der Waals surface area contributed by atoms with Gasteiger partial charge in [-0.05, 0) is 43.4 Å². The van der Waals surface area contributed by atoms with E-state index in [-0.39, 0.29) is 18.6 Å². The summed E-state index contributed by atoms with van der Waals surface area (Å²) >= 11 is 0. The van der Waals surface area contributed by atoms with Crippen LogP contribution >= 0.6 is 0 Å². The molecule has 0 spiro atoms. The van der Waals surface area contributed by atoms with Gasteiger partial charge in [-0.2, -0.15) is 0 Å². The Balaban J connectivity index is 1.54. The van der Waals surface area contributed by atoms with Crippen molar-refractivity contribution in [2.24, 2.45) is 0 Å². The van der Waals surface area contributed by atoms with Gasteiger partial charge in [0.2, 0.25) is 0 Å². The Morgan fingerprint density at radius 3 is 2.20 bits per heavy atom.